The van der Waals surface area contributed by atoms with Crippen molar-refractivity contribution >= 4 is 11.8 Å². The lowest BCUT2D eigenvalue weighted by Gasteiger charge is -2.17. The summed E-state index contributed by atoms with van der Waals surface area (Å²) in [7, 11) is 0. The van der Waals surface area contributed by atoms with Crippen molar-refractivity contribution in [3.05, 3.63) is 34.6 Å². The predicted octanol–water partition coefficient (Wildman–Crippen LogP) is 4.37. The highest BCUT2D eigenvalue weighted by Gasteiger charge is 2.25. The fourth-order valence-corrected chi connectivity index (χ4v) is 3.63. The van der Waals surface area contributed by atoms with E-state index >= 15 is 0 Å². The number of hydrogen-bond acceptors (Lipinski definition) is 6. The molecule has 24 heavy (non-hydrogen) atoms. The van der Waals surface area contributed by atoms with Crippen LogP contribution in [0.15, 0.2) is 15.6 Å². The van der Waals surface area contributed by atoms with Crippen molar-refractivity contribution in [2.45, 2.75) is 69.1 Å². The van der Waals surface area contributed by atoms with E-state index in [-0.39, 0.29) is 10.7 Å². The van der Waals surface area contributed by atoms with Crippen LogP contribution in [-0.2, 0) is 18.3 Å². The van der Waals surface area contributed by atoms with E-state index in [2.05, 4.69) is 37.0 Å². The van der Waals surface area contributed by atoms with Gasteiger partial charge in [-0.2, -0.15) is 10.2 Å². The van der Waals surface area contributed by atoms with Gasteiger partial charge >= 0.3 is 0 Å². The van der Waals surface area contributed by atoms with Crippen LogP contribution in [0, 0.1) is 11.3 Å². The van der Waals surface area contributed by atoms with Crippen molar-refractivity contribution in [2.24, 2.45) is 0 Å². The lowest BCUT2D eigenvalue weighted by Crippen LogP contribution is -2.13. The number of nitrogens with zero attached hydrogens (tertiary/aromatic N) is 4. The molecular weight excluding hydrogens is 320 g/mol. The highest BCUT2D eigenvalue weighted by Crippen LogP contribution is 2.37. The van der Waals surface area contributed by atoms with Gasteiger partial charge in [-0.1, -0.05) is 37.7 Å². The summed E-state index contributed by atoms with van der Waals surface area (Å²) in [6.45, 7) is 8.17. The van der Waals surface area contributed by atoms with E-state index in [1.165, 1.54) is 30.2 Å². The molecule has 2 aromatic heterocycles. The van der Waals surface area contributed by atoms with Crippen LogP contribution in [0.5, 0.6) is 0 Å². The summed E-state index contributed by atoms with van der Waals surface area (Å²) in [5.74, 6) is 1.28. The summed E-state index contributed by atoms with van der Waals surface area (Å²) in [5, 5.41) is 14.3. The molecule has 0 fully saturated rings. The summed E-state index contributed by atoms with van der Waals surface area (Å²) in [4.78, 5) is 9.27. The molecule has 0 bridgehead atoms. The molecule has 2 aromatic rings. The average Bonchev–Trinajstić information content (AvgIpc) is 3.04. The lowest BCUT2D eigenvalue weighted by molar-refractivity contribution is 0.364. The Bertz CT molecular complexity index is 785. The maximum Gasteiger partial charge on any atom is 0.239 e. The average molecular weight is 342 g/mol. The summed E-state index contributed by atoms with van der Waals surface area (Å²) < 4.78 is 5.42. The molecule has 3 rings (SSSR count). The standard InChI is InChI=1S/C18H22N4OS/c1-11(15-21-17(22-23-15)18(2,3)4)24-16-13(10-19)9-12-7-5-6-8-14(12)20-16/h9,11H,5-8H2,1-4H3. The number of rotatable bonds is 3. The van der Waals surface area contributed by atoms with Crippen LogP contribution in [0.1, 0.15) is 74.3 Å². The fraction of sp³-hybridized carbons (Fsp3) is 0.556. The summed E-state index contributed by atoms with van der Waals surface area (Å²) in [6, 6.07) is 4.29. The van der Waals surface area contributed by atoms with Gasteiger partial charge in [-0.15, -0.1) is 0 Å². The van der Waals surface area contributed by atoms with E-state index in [0.29, 0.717) is 17.3 Å². The third-order valence-electron chi connectivity index (χ3n) is 4.14. The molecule has 2 heterocycles. The number of nitriles is 1. The van der Waals surface area contributed by atoms with Crippen molar-refractivity contribution < 1.29 is 4.52 Å². The molecule has 0 aliphatic heterocycles. The molecule has 1 unspecified atom stereocenters. The second-order valence-electron chi connectivity index (χ2n) is 7.23. The number of hydrogen-bond donors (Lipinski definition) is 0. The van der Waals surface area contributed by atoms with Crippen LogP contribution in [0.2, 0.25) is 0 Å². The van der Waals surface area contributed by atoms with E-state index in [0.717, 1.165) is 23.6 Å². The van der Waals surface area contributed by atoms with Crippen LogP contribution < -0.4 is 0 Å². The smallest absolute Gasteiger partial charge is 0.239 e. The Morgan fingerprint density at radius 3 is 2.67 bits per heavy atom. The van der Waals surface area contributed by atoms with E-state index < -0.39 is 0 Å². The minimum absolute atomic E-state index is 0.0464. The predicted molar refractivity (Wildman–Crippen MR) is 92.9 cm³/mol. The minimum atomic E-state index is -0.145. The first-order valence-electron chi connectivity index (χ1n) is 8.32. The van der Waals surface area contributed by atoms with Gasteiger partial charge in [0.15, 0.2) is 5.82 Å². The molecule has 0 amide bonds. The van der Waals surface area contributed by atoms with Crippen molar-refractivity contribution in [3.63, 3.8) is 0 Å². The molecule has 126 valence electrons. The van der Waals surface area contributed by atoms with Crippen molar-refractivity contribution in [1.29, 1.82) is 5.26 Å². The summed E-state index contributed by atoms with van der Waals surface area (Å²) in [5.41, 5.74) is 2.86. The molecule has 0 radical (unpaired) electrons. The SMILES string of the molecule is CC(Sc1nc2c(cc1C#N)CCCC2)c1nc(C(C)(C)C)no1. The van der Waals surface area contributed by atoms with Crippen LogP contribution in [0.3, 0.4) is 0 Å². The zero-order chi connectivity index (χ0) is 17.3. The Kier molecular flexibility index (Phi) is 4.64. The Morgan fingerprint density at radius 2 is 2.00 bits per heavy atom. The third kappa shape index (κ3) is 3.46. The van der Waals surface area contributed by atoms with Crippen LogP contribution in [0.25, 0.3) is 0 Å². The van der Waals surface area contributed by atoms with Gasteiger partial charge in [-0.25, -0.2) is 4.98 Å². The molecule has 0 spiro atoms. The van der Waals surface area contributed by atoms with Gasteiger partial charge in [-0.3, -0.25) is 0 Å². The molecule has 1 atom stereocenters. The number of fused-ring (bicyclic) bond motifs is 1. The Labute approximate surface area is 146 Å². The molecule has 0 saturated carbocycles. The van der Waals surface area contributed by atoms with Crippen LogP contribution in [0.4, 0.5) is 0 Å². The quantitative estimate of drug-likeness (QED) is 0.771. The first-order chi connectivity index (χ1) is 11.4. The van der Waals surface area contributed by atoms with Gasteiger partial charge in [0, 0.05) is 11.1 Å². The van der Waals surface area contributed by atoms with E-state index in [1.54, 1.807) is 0 Å². The van der Waals surface area contributed by atoms with Crippen molar-refractivity contribution in [1.82, 2.24) is 15.1 Å². The minimum Gasteiger partial charge on any atom is -0.338 e. The normalized spacial score (nSPS) is 15.6. The van der Waals surface area contributed by atoms with E-state index in [4.69, 9.17) is 9.51 Å². The first kappa shape index (κ1) is 17.0. The molecule has 0 saturated heterocycles. The molecule has 1 aliphatic carbocycles. The molecule has 0 N–H and O–H groups in total. The molecule has 5 nitrogen and oxygen atoms in total. The Balaban J connectivity index is 1.85. The van der Waals surface area contributed by atoms with Gasteiger partial charge < -0.3 is 4.52 Å². The Hall–Kier alpha value is -1.87. The molecule has 6 heteroatoms. The highest BCUT2D eigenvalue weighted by molar-refractivity contribution is 7.99. The summed E-state index contributed by atoms with van der Waals surface area (Å²) in [6.07, 6.45) is 4.37. The van der Waals surface area contributed by atoms with Crippen molar-refractivity contribution in [2.75, 3.05) is 0 Å². The monoisotopic (exact) mass is 342 g/mol. The third-order valence-corrected chi connectivity index (χ3v) is 5.22. The number of aromatic nitrogens is 3. The topological polar surface area (TPSA) is 75.6 Å². The van der Waals surface area contributed by atoms with Gasteiger partial charge in [0.1, 0.15) is 11.1 Å². The number of pyridine rings is 1. The molecule has 1 aliphatic rings. The molecule has 0 aromatic carbocycles. The van der Waals surface area contributed by atoms with Gasteiger partial charge in [0.2, 0.25) is 5.89 Å². The molecular formula is C18H22N4OS. The van der Waals surface area contributed by atoms with Crippen molar-refractivity contribution in [3.8, 4) is 6.07 Å². The second kappa shape index (κ2) is 6.56. The van der Waals surface area contributed by atoms with Crippen LogP contribution in [-0.4, -0.2) is 15.1 Å². The van der Waals surface area contributed by atoms with E-state index in [1.807, 2.05) is 13.0 Å². The fourth-order valence-electron chi connectivity index (χ4n) is 2.71. The Morgan fingerprint density at radius 1 is 1.25 bits per heavy atom. The number of thioether (sulfide) groups is 1. The van der Waals surface area contributed by atoms with Crippen LogP contribution >= 0.6 is 11.8 Å². The summed E-state index contributed by atoms with van der Waals surface area (Å²) >= 11 is 1.51. The zero-order valence-electron chi connectivity index (χ0n) is 14.6. The second-order valence-corrected chi connectivity index (χ2v) is 8.56. The first-order valence-corrected chi connectivity index (χ1v) is 9.20. The maximum absolute atomic E-state index is 9.46. The van der Waals surface area contributed by atoms with Gasteiger partial charge in [0.05, 0.1) is 10.8 Å². The number of aryl methyl sites for hydroxylation is 2. The van der Waals surface area contributed by atoms with E-state index in [9.17, 15) is 5.26 Å². The maximum atomic E-state index is 9.46. The zero-order valence-corrected chi connectivity index (χ0v) is 15.4. The highest BCUT2D eigenvalue weighted by atomic mass is 32.2. The van der Waals surface area contributed by atoms with Gasteiger partial charge in [0.25, 0.3) is 0 Å². The van der Waals surface area contributed by atoms with Gasteiger partial charge in [-0.05, 0) is 44.2 Å². The lowest BCUT2D eigenvalue weighted by atomic mass is 9.95. The largest absolute Gasteiger partial charge is 0.338 e.